The molecule has 0 bridgehead atoms. The smallest absolute Gasteiger partial charge is 0.251 e. The molecule has 0 radical (unpaired) electrons. The molecule has 1 saturated heterocycles. The van der Waals surface area contributed by atoms with E-state index >= 15 is 0 Å². The number of hydrogen-bond acceptors (Lipinski definition) is 5. The van der Waals surface area contributed by atoms with Crippen molar-refractivity contribution in [2.45, 2.75) is 32.4 Å². The van der Waals surface area contributed by atoms with E-state index in [9.17, 15) is 4.79 Å². The molecule has 2 aromatic heterocycles. The summed E-state index contributed by atoms with van der Waals surface area (Å²) in [6.45, 7) is 5.42. The maximum atomic E-state index is 12.2. The average molecular weight is 340 g/mol. The third-order valence-corrected chi connectivity index (χ3v) is 4.21. The molecule has 6 heteroatoms. The zero-order chi connectivity index (χ0) is 17.5. The Balaban J connectivity index is 1.47. The van der Waals surface area contributed by atoms with Gasteiger partial charge in [-0.05, 0) is 30.5 Å². The molecule has 1 aliphatic heterocycles. The maximum absolute atomic E-state index is 12.2. The Morgan fingerprint density at radius 1 is 1.32 bits per heavy atom. The molecular weight excluding hydrogens is 316 g/mol. The average Bonchev–Trinajstić information content (AvgIpc) is 3.08. The molecule has 1 fully saturated rings. The van der Waals surface area contributed by atoms with Gasteiger partial charge in [-0.25, -0.2) is 4.98 Å². The fourth-order valence-electron chi connectivity index (χ4n) is 2.92. The summed E-state index contributed by atoms with van der Waals surface area (Å²) in [7, 11) is 0. The zero-order valence-electron chi connectivity index (χ0n) is 14.5. The fourth-order valence-corrected chi connectivity index (χ4v) is 2.92. The minimum atomic E-state index is -0.0339. The van der Waals surface area contributed by atoms with E-state index in [0.717, 1.165) is 38.0 Å². The first-order valence-electron chi connectivity index (χ1n) is 8.75. The van der Waals surface area contributed by atoms with Gasteiger partial charge in [0.05, 0.1) is 6.61 Å². The second-order valence-corrected chi connectivity index (χ2v) is 6.28. The molecule has 0 unspecified atom stereocenters. The van der Waals surface area contributed by atoms with E-state index < -0.39 is 0 Å². The van der Waals surface area contributed by atoms with Crippen LogP contribution < -0.4 is 10.1 Å². The van der Waals surface area contributed by atoms with Crippen LogP contribution in [0.25, 0.3) is 0 Å². The second kappa shape index (κ2) is 8.58. The molecule has 132 valence electrons. The first-order chi connectivity index (χ1) is 12.2. The van der Waals surface area contributed by atoms with Crippen LogP contribution in [0.5, 0.6) is 5.88 Å². The molecule has 3 rings (SSSR count). The molecule has 3 heterocycles. The Morgan fingerprint density at radius 2 is 2.16 bits per heavy atom. The standard InChI is InChI=1S/C19H24N4O2/c1-2-11-25-18-4-3-15(12-21-18)13-23-10-7-17(14-23)22-19(24)16-5-8-20-9-6-16/h3-6,8-9,12,17H,2,7,10-11,13-14H2,1H3,(H,22,24)/t17-/m0/s1. The summed E-state index contributed by atoms with van der Waals surface area (Å²) in [6.07, 6.45) is 7.08. The van der Waals surface area contributed by atoms with Crippen LogP contribution in [0.2, 0.25) is 0 Å². The van der Waals surface area contributed by atoms with E-state index in [-0.39, 0.29) is 11.9 Å². The number of amides is 1. The van der Waals surface area contributed by atoms with Crippen molar-refractivity contribution in [3.8, 4) is 5.88 Å². The van der Waals surface area contributed by atoms with Gasteiger partial charge in [-0.15, -0.1) is 0 Å². The summed E-state index contributed by atoms with van der Waals surface area (Å²) >= 11 is 0. The second-order valence-electron chi connectivity index (χ2n) is 6.28. The number of carbonyl (C=O) groups is 1. The lowest BCUT2D eigenvalue weighted by Crippen LogP contribution is -2.37. The number of aromatic nitrogens is 2. The first kappa shape index (κ1) is 17.4. The van der Waals surface area contributed by atoms with E-state index in [0.29, 0.717) is 18.1 Å². The van der Waals surface area contributed by atoms with E-state index in [1.165, 1.54) is 0 Å². The number of likely N-dealkylation sites (tertiary alicyclic amines) is 1. The highest BCUT2D eigenvalue weighted by atomic mass is 16.5. The highest BCUT2D eigenvalue weighted by molar-refractivity contribution is 5.94. The van der Waals surface area contributed by atoms with Crippen LogP contribution in [0.15, 0.2) is 42.9 Å². The van der Waals surface area contributed by atoms with Crippen LogP contribution in [-0.4, -0.2) is 46.5 Å². The molecular formula is C19H24N4O2. The minimum absolute atomic E-state index is 0.0339. The Morgan fingerprint density at radius 3 is 2.88 bits per heavy atom. The zero-order valence-corrected chi connectivity index (χ0v) is 14.5. The van der Waals surface area contributed by atoms with Crippen LogP contribution in [0.4, 0.5) is 0 Å². The largest absolute Gasteiger partial charge is 0.478 e. The van der Waals surface area contributed by atoms with Crippen molar-refractivity contribution in [1.29, 1.82) is 0 Å². The van der Waals surface area contributed by atoms with Gasteiger partial charge in [0.15, 0.2) is 0 Å². The van der Waals surface area contributed by atoms with Crippen LogP contribution >= 0.6 is 0 Å². The van der Waals surface area contributed by atoms with Crippen molar-refractivity contribution in [1.82, 2.24) is 20.2 Å². The number of nitrogens with one attached hydrogen (secondary N) is 1. The third kappa shape index (κ3) is 5.00. The van der Waals surface area contributed by atoms with Gasteiger partial charge in [-0.3, -0.25) is 14.7 Å². The van der Waals surface area contributed by atoms with E-state index in [4.69, 9.17) is 4.74 Å². The van der Waals surface area contributed by atoms with Crippen LogP contribution in [-0.2, 0) is 6.54 Å². The number of rotatable bonds is 7. The molecule has 0 aromatic carbocycles. The van der Waals surface area contributed by atoms with Gasteiger partial charge >= 0.3 is 0 Å². The van der Waals surface area contributed by atoms with Gasteiger partial charge in [0.2, 0.25) is 5.88 Å². The van der Waals surface area contributed by atoms with Gasteiger partial charge in [-0.1, -0.05) is 13.0 Å². The summed E-state index contributed by atoms with van der Waals surface area (Å²) in [4.78, 5) is 22.8. The summed E-state index contributed by atoms with van der Waals surface area (Å²) in [5.74, 6) is 0.642. The predicted octanol–water partition coefficient (Wildman–Crippen LogP) is 2.27. The molecule has 2 aromatic rings. The van der Waals surface area contributed by atoms with Gasteiger partial charge in [0, 0.05) is 55.9 Å². The fraction of sp³-hybridized carbons (Fsp3) is 0.421. The van der Waals surface area contributed by atoms with Crippen molar-refractivity contribution < 1.29 is 9.53 Å². The Hall–Kier alpha value is -2.47. The van der Waals surface area contributed by atoms with E-state index in [1.54, 1.807) is 24.5 Å². The normalized spacial score (nSPS) is 17.4. The molecule has 0 aliphatic carbocycles. The van der Waals surface area contributed by atoms with Gasteiger partial charge in [0.1, 0.15) is 0 Å². The number of ether oxygens (including phenoxy) is 1. The van der Waals surface area contributed by atoms with E-state index in [1.807, 2.05) is 12.3 Å². The molecule has 6 nitrogen and oxygen atoms in total. The molecule has 1 N–H and O–H groups in total. The van der Waals surface area contributed by atoms with Crippen molar-refractivity contribution >= 4 is 5.91 Å². The van der Waals surface area contributed by atoms with Crippen LogP contribution in [0.1, 0.15) is 35.7 Å². The Labute approximate surface area is 148 Å². The number of carbonyl (C=O) groups excluding carboxylic acids is 1. The lowest BCUT2D eigenvalue weighted by Gasteiger charge is -2.17. The van der Waals surface area contributed by atoms with Gasteiger partial charge in [-0.2, -0.15) is 0 Å². The molecule has 1 amide bonds. The monoisotopic (exact) mass is 340 g/mol. The van der Waals surface area contributed by atoms with Gasteiger partial charge < -0.3 is 10.1 Å². The maximum Gasteiger partial charge on any atom is 0.251 e. The SMILES string of the molecule is CCCOc1ccc(CN2CC[C@H](NC(=O)c3ccncc3)C2)cn1. The van der Waals surface area contributed by atoms with Crippen molar-refractivity contribution in [2.75, 3.05) is 19.7 Å². The predicted molar refractivity (Wildman–Crippen MR) is 95.4 cm³/mol. The number of hydrogen-bond donors (Lipinski definition) is 1. The summed E-state index contributed by atoms with van der Waals surface area (Å²) in [5, 5.41) is 3.10. The van der Waals surface area contributed by atoms with Crippen molar-refractivity contribution in [2.24, 2.45) is 0 Å². The lowest BCUT2D eigenvalue weighted by atomic mass is 10.2. The summed E-state index contributed by atoms with van der Waals surface area (Å²) in [6, 6.07) is 7.62. The molecule has 1 aliphatic rings. The minimum Gasteiger partial charge on any atom is -0.478 e. The molecule has 25 heavy (non-hydrogen) atoms. The molecule has 0 spiro atoms. The summed E-state index contributed by atoms with van der Waals surface area (Å²) < 4.78 is 5.51. The van der Waals surface area contributed by atoms with Crippen LogP contribution in [0.3, 0.4) is 0 Å². The first-order valence-corrected chi connectivity index (χ1v) is 8.75. The lowest BCUT2D eigenvalue weighted by molar-refractivity contribution is 0.0937. The highest BCUT2D eigenvalue weighted by Crippen LogP contribution is 2.15. The van der Waals surface area contributed by atoms with Crippen LogP contribution in [0, 0.1) is 0 Å². The Kier molecular flexibility index (Phi) is 5.95. The quantitative estimate of drug-likeness (QED) is 0.837. The molecule has 1 atom stereocenters. The third-order valence-electron chi connectivity index (χ3n) is 4.21. The van der Waals surface area contributed by atoms with Gasteiger partial charge in [0.25, 0.3) is 5.91 Å². The number of nitrogens with zero attached hydrogens (tertiary/aromatic N) is 3. The van der Waals surface area contributed by atoms with Crippen molar-refractivity contribution in [3.63, 3.8) is 0 Å². The Bertz CT molecular complexity index is 676. The summed E-state index contributed by atoms with van der Waals surface area (Å²) in [5.41, 5.74) is 1.81. The highest BCUT2D eigenvalue weighted by Gasteiger charge is 2.24. The number of pyridine rings is 2. The van der Waals surface area contributed by atoms with Crippen molar-refractivity contribution in [3.05, 3.63) is 54.0 Å². The topological polar surface area (TPSA) is 67.3 Å². The molecule has 0 saturated carbocycles. The van der Waals surface area contributed by atoms with E-state index in [2.05, 4.69) is 33.2 Å².